The SMILES string of the molecule is Cc1ccc([N+](=O)[O-])c(NCCC(C)c2ccccc2)n1. The predicted molar refractivity (Wildman–Crippen MR) is 83.6 cm³/mol. The Balaban J connectivity index is 1.97. The summed E-state index contributed by atoms with van der Waals surface area (Å²) in [6.07, 6.45) is 0.886. The first kappa shape index (κ1) is 15.0. The van der Waals surface area contributed by atoms with Gasteiger partial charge >= 0.3 is 5.69 Å². The zero-order chi connectivity index (χ0) is 15.2. The Morgan fingerprint density at radius 1 is 1.24 bits per heavy atom. The molecule has 2 rings (SSSR count). The van der Waals surface area contributed by atoms with Crippen molar-refractivity contribution in [2.45, 2.75) is 26.2 Å². The normalized spacial score (nSPS) is 11.9. The van der Waals surface area contributed by atoms with Crippen LogP contribution in [0.25, 0.3) is 0 Å². The zero-order valence-corrected chi connectivity index (χ0v) is 12.2. The monoisotopic (exact) mass is 285 g/mol. The summed E-state index contributed by atoms with van der Waals surface area (Å²) in [7, 11) is 0. The number of hydrogen-bond acceptors (Lipinski definition) is 4. The van der Waals surface area contributed by atoms with E-state index in [1.54, 1.807) is 6.07 Å². The van der Waals surface area contributed by atoms with Gasteiger partial charge in [-0.05, 0) is 30.9 Å². The molecule has 0 saturated carbocycles. The van der Waals surface area contributed by atoms with Crippen LogP contribution in [0.5, 0.6) is 0 Å². The van der Waals surface area contributed by atoms with Gasteiger partial charge in [-0.15, -0.1) is 0 Å². The second-order valence-electron chi connectivity index (χ2n) is 5.10. The first-order valence-electron chi connectivity index (χ1n) is 6.99. The molecule has 0 saturated heterocycles. The van der Waals surface area contributed by atoms with Gasteiger partial charge in [-0.25, -0.2) is 4.98 Å². The van der Waals surface area contributed by atoms with Crippen molar-refractivity contribution in [2.24, 2.45) is 0 Å². The highest BCUT2D eigenvalue weighted by Gasteiger charge is 2.15. The maximum atomic E-state index is 11.0. The summed E-state index contributed by atoms with van der Waals surface area (Å²) < 4.78 is 0. The van der Waals surface area contributed by atoms with E-state index >= 15 is 0 Å². The third-order valence-electron chi connectivity index (χ3n) is 3.45. The van der Waals surface area contributed by atoms with Gasteiger partial charge in [0, 0.05) is 18.3 Å². The molecule has 0 fully saturated rings. The molecule has 5 heteroatoms. The molecule has 1 heterocycles. The quantitative estimate of drug-likeness (QED) is 0.645. The molecule has 1 aromatic carbocycles. The van der Waals surface area contributed by atoms with Crippen LogP contribution in [-0.2, 0) is 0 Å². The molecule has 0 aliphatic rings. The highest BCUT2D eigenvalue weighted by molar-refractivity contribution is 5.56. The number of anilines is 1. The van der Waals surface area contributed by atoms with Gasteiger partial charge in [0.2, 0.25) is 5.82 Å². The van der Waals surface area contributed by atoms with E-state index in [0.717, 1.165) is 12.1 Å². The molecule has 0 aliphatic carbocycles. The highest BCUT2D eigenvalue weighted by Crippen LogP contribution is 2.23. The van der Waals surface area contributed by atoms with E-state index in [9.17, 15) is 10.1 Å². The summed E-state index contributed by atoms with van der Waals surface area (Å²) in [5.74, 6) is 0.739. The van der Waals surface area contributed by atoms with Gasteiger partial charge in [-0.1, -0.05) is 37.3 Å². The van der Waals surface area contributed by atoms with Crippen molar-refractivity contribution in [3.05, 3.63) is 63.8 Å². The molecule has 0 spiro atoms. The van der Waals surface area contributed by atoms with Gasteiger partial charge < -0.3 is 5.32 Å². The average molecular weight is 285 g/mol. The van der Waals surface area contributed by atoms with Crippen molar-refractivity contribution >= 4 is 11.5 Å². The molecular formula is C16H19N3O2. The molecule has 0 radical (unpaired) electrons. The fraction of sp³-hybridized carbons (Fsp3) is 0.312. The van der Waals surface area contributed by atoms with Crippen molar-refractivity contribution < 1.29 is 4.92 Å². The van der Waals surface area contributed by atoms with Crippen LogP contribution in [0, 0.1) is 17.0 Å². The van der Waals surface area contributed by atoms with Gasteiger partial charge in [0.1, 0.15) is 0 Å². The molecule has 110 valence electrons. The summed E-state index contributed by atoms with van der Waals surface area (Å²) in [5, 5.41) is 14.1. The molecule has 0 bridgehead atoms. The van der Waals surface area contributed by atoms with E-state index < -0.39 is 4.92 Å². The number of benzene rings is 1. The van der Waals surface area contributed by atoms with Gasteiger partial charge in [0.25, 0.3) is 0 Å². The van der Waals surface area contributed by atoms with Crippen LogP contribution in [0.4, 0.5) is 11.5 Å². The lowest BCUT2D eigenvalue weighted by atomic mass is 9.98. The highest BCUT2D eigenvalue weighted by atomic mass is 16.6. The molecule has 0 aliphatic heterocycles. The first-order valence-corrected chi connectivity index (χ1v) is 6.99. The Hall–Kier alpha value is -2.43. The molecule has 1 N–H and O–H groups in total. The summed E-state index contributed by atoms with van der Waals surface area (Å²) in [5.41, 5.74) is 2.05. The molecule has 0 amide bonds. The average Bonchev–Trinajstić information content (AvgIpc) is 2.48. The van der Waals surface area contributed by atoms with Crippen molar-refractivity contribution in [3.8, 4) is 0 Å². The molecule has 5 nitrogen and oxygen atoms in total. The topological polar surface area (TPSA) is 68.1 Å². The number of aromatic nitrogens is 1. The minimum Gasteiger partial charge on any atom is -0.364 e. The van der Waals surface area contributed by atoms with Crippen molar-refractivity contribution in [1.29, 1.82) is 0 Å². The minimum absolute atomic E-state index is 0.0213. The molecule has 21 heavy (non-hydrogen) atoms. The summed E-state index contributed by atoms with van der Waals surface area (Å²) >= 11 is 0. The largest absolute Gasteiger partial charge is 0.364 e. The van der Waals surface area contributed by atoms with Crippen molar-refractivity contribution in [1.82, 2.24) is 4.98 Å². The third kappa shape index (κ3) is 4.02. The summed E-state index contributed by atoms with van der Waals surface area (Å²) in [6, 6.07) is 13.4. The van der Waals surface area contributed by atoms with E-state index in [4.69, 9.17) is 0 Å². The van der Waals surface area contributed by atoms with E-state index in [0.29, 0.717) is 18.3 Å². The number of nitro groups is 1. The Labute approximate surface area is 124 Å². The fourth-order valence-electron chi connectivity index (χ4n) is 2.18. The van der Waals surface area contributed by atoms with E-state index in [1.165, 1.54) is 11.6 Å². The smallest absolute Gasteiger partial charge is 0.311 e. The lowest BCUT2D eigenvalue weighted by Gasteiger charge is -2.13. The van der Waals surface area contributed by atoms with Crippen LogP contribution < -0.4 is 5.32 Å². The van der Waals surface area contributed by atoms with E-state index in [2.05, 4.69) is 29.4 Å². The standard InChI is InChI=1S/C16H19N3O2/c1-12(14-6-4-3-5-7-14)10-11-17-16-15(19(20)21)9-8-13(2)18-16/h3-9,12H,10-11H2,1-2H3,(H,17,18). The number of pyridine rings is 1. The number of aryl methyl sites for hydroxylation is 1. The van der Waals surface area contributed by atoms with Gasteiger partial charge in [0.15, 0.2) is 0 Å². The summed E-state index contributed by atoms with van der Waals surface area (Å²) in [6.45, 7) is 4.62. The lowest BCUT2D eigenvalue weighted by molar-refractivity contribution is -0.384. The van der Waals surface area contributed by atoms with Crippen molar-refractivity contribution in [2.75, 3.05) is 11.9 Å². The van der Waals surface area contributed by atoms with Crippen LogP contribution >= 0.6 is 0 Å². The van der Waals surface area contributed by atoms with Crippen LogP contribution in [0.15, 0.2) is 42.5 Å². The summed E-state index contributed by atoms with van der Waals surface area (Å²) in [4.78, 5) is 14.8. The van der Waals surface area contributed by atoms with Gasteiger partial charge in [-0.2, -0.15) is 0 Å². The predicted octanol–water partition coefficient (Wildman–Crippen LogP) is 3.90. The van der Waals surface area contributed by atoms with Crippen LogP contribution in [0.3, 0.4) is 0 Å². The Bertz CT molecular complexity index is 614. The zero-order valence-electron chi connectivity index (χ0n) is 12.2. The second kappa shape index (κ2) is 6.83. The third-order valence-corrected chi connectivity index (χ3v) is 3.45. The Morgan fingerprint density at radius 2 is 1.95 bits per heavy atom. The number of nitrogens with zero attached hydrogens (tertiary/aromatic N) is 2. The first-order chi connectivity index (χ1) is 10.1. The molecular weight excluding hydrogens is 266 g/mol. The number of hydrogen-bond donors (Lipinski definition) is 1. The molecule has 2 aromatic rings. The maximum Gasteiger partial charge on any atom is 0.311 e. The minimum atomic E-state index is -0.407. The van der Waals surface area contributed by atoms with Gasteiger partial charge in [0.05, 0.1) is 4.92 Å². The fourth-order valence-corrected chi connectivity index (χ4v) is 2.18. The van der Waals surface area contributed by atoms with Gasteiger partial charge in [-0.3, -0.25) is 10.1 Å². The van der Waals surface area contributed by atoms with Crippen LogP contribution in [0.2, 0.25) is 0 Å². The van der Waals surface area contributed by atoms with E-state index in [1.807, 2.05) is 25.1 Å². The number of rotatable bonds is 6. The molecule has 1 aromatic heterocycles. The maximum absolute atomic E-state index is 11.0. The molecule has 1 atom stereocenters. The van der Waals surface area contributed by atoms with E-state index in [-0.39, 0.29) is 5.69 Å². The Morgan fingerprint density at radius 3 is 2.62 bits per heavy atom. The second-order valence-corrected chi connectivity index (χ2v) is 5.10. The van der Waals surface area contributed by atoms with Crippen LogP contribution in [-0.4, -0.2) is 16.5 Å². The lowest BCUT2D eigenvalue weighted by Crippen LogP contribution is -2.09. The molecule has 1 unspecified atom stereocenters. The van der Waals surface area contributed by atoms with Crippen LogP contribution in [0.1, 0.15) is 30.5 Å². The number of nitrogens with one attached hydrogen (secondary N) is 1. The van der Waals surface area contributed by atoms with Crippen molar-refractivity contribution in [3.63, 3.8) is 0 Å². The Kier molecular flexibility index (Phi) is 4.87.